The molecular weight excluding hydrogens is 318 g/mol. The fraction of sp³-hybridized carbons (Fsp3) is 0.647. The zero-order valence-corrected chi connectivity index (χ0v) is 15.5. The van der Waals surface area contributed by atoms with Crippen molar-refractivity contribution in [1.82, 2.24) is 29.9 Å². The maximum Gasteiger partial charge on any atom is 0.219 e. The van der Waals surface area contributed by atoms with Crippen LogP contribution in [0.15, 0.2) is 23.5 Å². The first-order chi connectivity index (χ1) is 12.0. The molecule has 1 aliphatic heterocycles. The van der Waals surface area contributed by atoms with Crippen LogP contribution >= 0.6 is 0 Å². The minimum atomic E-state index is 0.132. The first-order valence-electron chi connectivity index (χ1n) is 8.81. The summed E-state index contributed by atoms with van der Waals surface area (Å²) >= 11 is 0. The molecule has 2 heterocycles. The molecule has 1 saturated heterocycles. The Morgan fingerprint density at radius 1 is 1.28 bits per heavy atom. The number of amides is 1. The Labute approximate surface area is 149 Å². The largest absolute Gasteiger partial charge is 0.354 e. The summed E-state index contributed by atoms with van der Waals surface area (Å²) in [5.41, 5.74) is 1.02. The van der Waals surface area contributed by atoms with Gasteiger partial charge in [-0.15, -0.1) is 10.2 Å². The summed E-state index contributed by atoms with van der Waals surface area (Å²) in [7, 11) is 0. The number of nitrogens with one attached hydrogen (secondary N) is 1. The lowest BCUT2D eigenvalue weighted by atomic mass is 10.3. The molecule has 0 atom stereocenters. The van der Waals surface area contributed by atoms with Crippen LogP contribution in [0, 0.1) is 0 Å². The van der Waals surface area contributed by atoms with E-state index in [1.165, 1.54) is 0 Å². The Morgan fingerprint density at radius 3 is 2.56 bits per heavy atom. The SMILES string of the molecule is C=C(C)CN=C(NCCn1cnnc1CC)N1CCN(C(C)=O)CC1. The third-order valence-electron chi connectivity index (χ3n) is 4.17. The first-order valence-corrected chi connectivity index (χ1v) is 8.81. The van der Waals surface area contributed by atoms with Crippen LogP contribution in [0.25, 0.3) is 0 Å². The van der Waals surface area contributed by atoms with Crippen molar-refractivity contribution < 1.29 is 4.79 Å². The molecule has 0 aromatic carbocycles. The van der Waals surface area contributed by atoms with Crippen LogP contribution in [0.5, 0.6) is 0 Å². The molecule has 2 rings (SSSR count). The second-order valence-electron chi connectivity index (χ2n) is 6.31. The number of nitrogens with zero attached hydrogens (tertiary/aromatic N) is 6. The molecule has 0 radical (unpaired) electrons. The van der Waals surface area contributed by atoms with Gasteiger partial charge in [-0.2, -0.15) is 0 Å². The topological polar surface area (TPSA) is 78.7 Å². The maximum atomic E-state index is 11.5. The lowest BCUT2D eigenvalue weighted by Crippen LogP contribution is -2.53. The lowest BCUT2D eigenvalue weighted by Gasteiger charge is -2.36. The van der Waals surface area contributed by atoms with E-state index in [-0.39, 0.29) is 5.91 Å². The van der Waals surface area contributed by atoms with E-state index in [2.05, 4.69) is 43.5 Å². The van der Waals surface area contributed by atoms with E-state index in [1.807, 2.05) is 11.8 Å². The molecule has 1 aliphatic rings. The molecule has 138 valence electrons. The molecule has 0 aliphatic carbocycles. The monoisotopic (exact) mass is 347 g/mol. The number of aromatic nitrogens is 3. The number of piperazine rings is 1. The third kappa shape index (κ3) is 5.58. The minimum Gasteiger partial charge on any atom is -0.354 e. The van der Waals surface area contributed by atoms with Crippen LogP contribution in [-0.2, 0) is 17.8 Å². The average Bonchev–Trinajstić information content (AvgIpc) is 3.05. The van der Waals surface area contributed by atoms with Crippen LogP contribution in [0.2, 0.25) is 0 Å². The molecular formula is C17H29N7O. The van der Waals surface area contributed by atoms with Gasteiger partial charge in [-0.1, -0.05) is 19.1 Å². The Morgan fingerprint density at radius 2 is 1.96 bits per heavy atom. The van der Waals surface area contributed by atoms with Crippen molar-refractivity contribution in [3.05, 3.63) is 24.3 Å². The third-order valence-corrected chi connectivity index (χ3v) is 4.17. The van der Waals surface area contributed by atoms with Gasteiger partial charge >= 0.3 is 0 Å². The summed E-state index contributed by atoms with van der Waals surface area (Å²) in [5.74, 6) is 1.99. The molecule has 25 heavy (non-hydrogen) atoms. The Kier molecular flexibility index (Phi) is 6.97. The van der Waals surface area contributed by atoms with Crippen molar-refractivity contribution >= 4 is 11.9 Å². The number of aryl methyl sites for hydroxylation is 1. The Hall–Kier alpha value is -2.38. The van der Waals surface area contributed by atoms with E-state index in [4.69, 9.17) is 0 Å². The van der Waals surface area contributed by atoms with Crippen molar-refractivity contribution in [3.63, 3.8) is 0 Å². The zero-order valence-electron chi connectivity index (χ0n) is 15.5. The summed E-state index contributed by atoms with van der Waals surface area (Å²) in [6, 6.07) is 0. The fourth-order valence-electron chi connectivity index (χ4n) is 2.74. The van der Waals surface area contributed by atoms with Gasteiger partial charge in [0.05, 0.1) is 6.54 Å². The summed E-state index contributed by atoms with van der Waals surface area (Å²) in [6.07, 6.45) is 2.63. The minimum absolute atomic E-state index is 0.132. The van der Waals surface area contributed by atoms with Gasteiger partial charge in [0.15, 0.2) is 5.96 Å². The summed E-state index contributed by atoms with van der Waals surface area (Å²) in [5, 5.41) is 11.5. The summed E-state index contributed by atoms with van der Waals surface area (Å²) in [4.78, 5) is 20.2. The standard InChI is InChI=1S/C17H29N7O/c1-5-16-21-20-13-24(16)7-6-18-17(19-12-14(2)3)23-10-8-22(9-11-23)15(4)25/h13H,2,5-12H2,1,3-4H3,(H,18,19). The van der Waals surface area contributed by atoms with Crippen LogP contribution < -0.4 is 5.32 Å². The van der Waals surface area contributed by atoms with E-state index in [1.54, 1.807) is 13.3 Å². The first kappa shape index (κ1) is 19.0. The molecule has 1 aromatic rings. The molecule has 0 spiro atoms. The molecule has 1 aromatic heterocycles. The molecule has 1 amide bonds. The number of carbonyl (C=O) groups is 1. The van der Waals surface area contributed by atoms with E-state index >= 15 is 0 Å². The van der Waals surface area contributed by atoms with Crippen LogP contribution in [0.3, 0.4) is 0 Å². The number of hydrogen-bond acceptors (Lipinski definition) is 4. The predicted octanol–water partition coefficient (Wildman–Crippen LogP) is 0.526. The molecule has 0 saturated carbocycles. The number of rotatable bonds is 6. The van der Waals surface area contributed by atoms with E-state index in [0.29, 0.717) is 6.54 Å². The molecule has 1 fully saturated rings. The molecule has 8 heteroatoms. The second-order valence-corrected chi connectivity index (χ2v) is 6.31. The molecule has 0 bridgehead atoms. The van der Waals surface area contributed by atoms with Crippen LogP contribution in [0.4, 0.5) is 0 Å². The zero-order chi connectivity index (χ0) is 18.2. The number of aliphatic imine (C=N–C) groups is 1. The summed E-state index contributed by atoms with van der Waals surface area (Å²) < 4.78 is 2.05. The molecule has 1 N–H and O–H groups in total. The Balaban J connectivity index is 1.93. The van der Waals surface area contributed by atoms with Gasteiger partial charge in [0.1, 0.15) is 12.2 Å². The highest BCUT2D eigenvalue weighted by atomic mass is 16.2. The van der Waals surface area contributed by atoms with Crippen molar-refractivity contribution in [2.45, 2.75) is 33.7 Å². The molecule has 0 unspecified atom stereocenters. The van der Waals surface area contributed by atoms with Gasteiger partial charge in [-0.25, -0.2) is 4.99 Å². The van der Waals surface area contributed by atoms with E-state index < -0.39 is 0 Å². The second kappa shape index (κ2) is 9.19. The van der Waals surface area contributed by atoms with Gasteiger partial charge < -0.3 is 19.7 Å². The average molecular weight is 347 g/mol. The Bertz CT molecular complexity index is 614. The van der Waals surface area contributed by atoms with Crippen LogP contribution in [0.1, 0.15) is 26.6 Å². The number of guanidine groups is 1. The van der Waals surface area contributed by atoms with Gasteiger partial charge in [-0.05, 0) is 6.92 Å². The maximum absolute atomic E-state index is 11.5. The number of hydrogen-bond donors (Lipinski definition) is 1. The van der Waals surface area contributed by atoms with Crippen molar-refractivity contribution in [2.24, 2.45) is 4.99 Å². The van der Waals surface area contributed by atoms with Gasteiger partial charge in [0, 0.05) is 52.6 Å². The van der Waals surface area contributed by atoms with Crippen molar-refractivity contribution in [1.29, 1.82) is 0 Å². The van der Waals surface area contributed by atoms with Crippen molar-refractivity contribution in [2.75, 3.05) is 39.3 Å². The lowest BCUT2D eigenvalue weighted by molar-refractivity contribution is -0.130. The molecule has 8 nitrogen and oxygen atoms in total. The highest BCUT2D eigenvalue weighted by Gasteiger charge is 2.21. The van der Waals surface area contributed by atoms with E-state index in [0.717, 1.165) is 63.0 Å². The fourth-order valence-corrected chi connectivity index (χ4v) is 2.74. The summed E-state index contributed by atoms with van der Waals surface area (Å²) in [6.45, 7) is 14.8. The highest BCUT2D eigenvalue weighted by molar-refractivity contribution is 5.80. The normalized spacial score (nSPS) is 15.4. The smallest absolute Gasteiger partial charge is 0.219 e. The van der Waals surface area contributed by atoms with Crippen LogP contribution in [-0.4, -0.2) is 75.7 Å². The van der Waals surface area contributed by atoms with E-state index in [9.17, 15) is 4.79 Å². The van der Waals surface area contributed by atoms with Crippen molar-refractivity contribution in [3.8, 4) is 0 Å². The van der Waals surface area contributed by atoms with Gasteiger partial charge in [0.25, 0.3) is 0 Å². The van der Waals surface area contributed by atoms with Gasteiger partial charge in [-0.3, -0.25) is 4.79 Å². The highest BCUT2D eigenvalue weighted by Crippen LogP contribution is 2.04. The predicted molar refractivity (Wildman–Crippen MR) is 98.3 cm³/mol. The van der Waals surface area contributed by atoms with Gasteiger partial charge in [0.2, 0.25) is 5.91 Å². The quantitative estimate of drug-likeness (QED) is 0.461. The number of carbonyl (C=O) groups excluding carboxylic acids is 1.